The van der Waals surface area contributed by atoms with Gasteiger partial charge in [0.15, 0.2) is 16.6 Å². The van der Waals surface area contributed by atoms with E-state index in [1.165, 1.54) is 11.3 Å². The van der Waals surface area contributed by atoms with Gasteiger partial charge in [-0.15, -0.1) is 0 Å². The quantitative estimate of drug-likeness (QED) is 0.822. The van der Waals surface area contributed by atoms with Gasteiger partial charge in [0.2, 0.25) is 0 Å². The zero-order valence-corrected chi connectivity index (χ0v) is 8.72. The molecule has 74 valence electrons. The normalized spacial score (nSPS) is 10.4. The van der Waals surface area contributed by atoms with Crippen molar-refractivity contribution in [2.24, 2.45) is 0 Å². The predicted octanol–water partition coefficient (Wildman–Crippen LogP) is 1.90. The van der Waals surface area contributed by atoms with E-state index in [1.54, 1.807) is 14.2 Å². The summed E-state index contributed by atoms with van der Waals surface area (Å²) in [6.07, 6.45) is 0. The molecule has 5 heteroatoms. The third-order valence-electron chi connectivity index (χ3n) is 1.92. The Balaban J connectivity index is 2.75. The van der Waals surface area contributed by atoms with Crippen LogP contribution in [0.2, 0.25) is 0 Å². The number of ether oxygens (including phenoxy) is 2. The third kappa shape index (κ3) is 1.26. The smallest absolute Gasteiger partial charge is 0.188 e. The second kappa shape index (κ2) is 3.34. The molecule has 1 aromatic heterocycles. The van der Waals surface area contributed by atoms with Crippen molar-refractivity contribution in [3.63, 3.8) is 0 Å². The number of fused-ring (bicyclic) bond motifs is 1. The summed E-state index contributed by atoms with van der Waals surface area (Å²) >= 11 is 1.43. The highest BCUT2D eigenvalue weighted by Crippen LogP contribution is 2.37. The van der Waals surface area contributed by atoms with Gasteiger partial charge in [-0.05, 0) is 12.1 Å². The Hall–Kier alpha value is -1.49. The van der Waals surface area contributed by atoms with E-state index < -0.39 is 0 Å². The number of nitrogens with two attached hydrogens (primary N) is 1. The van der Waals surface area contributed by atoms with E-state index >= 15 is 0 Å². The largest absolute Gasteiger partial charge is 0.493 e. The van der Waals surface area contributed by atoms with Crippen LogP contribution < -0.4 is 15.2 Å². The SMILES string of the molecule is COc1ccc2sc(N)nc2c1OC. The summed E-state index contributed by atoms with van der Waals surface area (Å²) in [5, 5.41) is 0.534. The zero-order valence-electron chi connectivity index (χ0n) is 7.90. The zero-order chi connectivity index (χ0) is 10.1. The molecule has 0 amide bonds. The Labute approximate surface area is 85.3 Å². The molecule has 0 unspecified atom stereocenters. The number of thiazole rings is 1. The van der Waals surface area contributed by atoms with Crippen molar-refractivity contribution in [1.29, 1.82) is 0 Å². The maximum Gasteiger partial charge on any atom is 0.188 e. The van der Waals surface area contributed by atoms with Gasteiger partial charge in [-0.1, -0.05) is 11.3 Å². The van der Waals surface area contributed by atoms with Gasteiger partial charge in [-0.3, -0.25) is 0 Å². The molecule has 2 aromatic rings. The number of aromatic nitrogens is 1. The van der Waals surface area contributed by atoms with Crippen LogP contribution >= 0.6 is 11.3 Å². The molecule has 0 atom stereocenters. The van der Waals surface area contributed by atoms with Crippen LogP contribution in [0.5, 0.6) is 11.5 Å². The first-order valence-electron chi connectivity index (χ1n) is 4.03. The predicted molar refractivity (Wildman–Crippen MR) is 57.1 cm³/mol. The molecule has 1 heterocycles. The van der Waals surface area contributed by atoms with Gasteiger partial charge in [-0.25, -0.2) is 4.98 Å². The lowest BCUT2D eigenvalue weighted by Crippen LogP contribution is -1.91. The number of hydrogen-bond acceptors (Lipinski definition) is 5. The first-order valence-corrected chi connectivity index (χ1v) is 4.85. The second-order valence-corrected chi connectivity index (χ2v) is 3.76. The Kier molecular flexibility index (Phi) is 2.17. The van der Waals surface area contributed by atoms with Crippen molar-refractivity contribution in [2.45, 2.75) is 0 Å². The summed E-state index contributed by atoms with van der Waals surface area (Å²) in [5.41, 5.74) is 6.38. The molecule has 1 aromatic carbocycles. The molecule has 0 saturated carbocycles. The van der Waals surface area contributed by atoms with Gasteiger partial charge in [-0.2, -0.15) is 0 Å². The van der Waals surface area contributed by atoms with Crippen molar-refractivity contribution in [2.75, 3.05) is 20.0 Å². The Bertz CT molecular complexity index is 467. The standard InChI is InChI=1S/C9H10N2O2S/c1-12-5-3-4-6-7(8(5)13-2)11-9(10)14-6/h3-4H,1-2H3,(H2,10,11). The molecule has 0 bridgehead atoms. The number of rotatable bonds is 2. The fraction of sp³-hybridized carbons (Fsp3) is 0.222. The van der Waals surface area contributed by atoms with Gasteiger partial charge in [0.25, 0.3) is 0 Å². The van der Waals surface area contributed by atoms with Crippen molar-refractivity contribution >= 4 is 26.7 Å². The first kappa shape index (κ1) is 9.08. The summed E-state index contributed by atoms with van der Waals surface area (Å²) in [4.78, 5) is 4.18. The molecule has 0 aliphatic carbocycles. The number of hydrogen-bond donors (Lipinski definition) is 1. The molecule has 0 spiro atoms. The molecule has 4 nitrogen and oxygen atoms in total. The molecule has 14 heavy (non-hydrogen) atoms. The average molecular weight is 210 g/mol. The fourth-order valence-corrected chi connectivity index (χ4v) is 2.06. The van der Waals surface area contributed by atoms with Crippen molar-refractivity contribution in [3.05, 3.63) is 12.1 Å². The van der Waals surface area contributed by atoms with Crippen LogP contribution in [-0.2, 0) is 0 Å². The molecule has 0 aliphatic rings. The summed E-state index contributed by atoms with van der Waals surface area (Å²) in [6.45, 7) is 0. The Morgan fingerprint density at radius 3 is 2.71 bits per heavy atom. The average Bonchev–Trinajstić information content (AvgIpc) is 2.56. The van der Waals surface area contributed by atoms with Crippen molar-refractivity contribution in [1.82, 2.24) is 4.98 Å². The third-order valence-corrected chi connectivity index (χ3v) is 2.77. The van der Waals surface area contributed by atoms with Crippen molar-refractivity contribution in [3.8, 4) is 11.5 Å². The molecule has 0 fully saturated rings. The number of methoxy groups -OCH3 is 2. The van der Waals surface area contributed by atoms with Crippen LogP contribution in [-0.4, -0.2) is 19.2 Å². The first-order chi connectivity index (χ1) is 6.76. The lowest BCUT2D eigenvalue weighted by Gasteiger charge is -2.06. The summed E-state index contributed by atoms with van der Waals surface area (Å²) in [6, 6.07) is 3.77. The molecular formula is C9H10N2O2S. The highest BCUT2D eigenvalue weighted by molar-refractivity contribution is 7.22. The molecular weight excluding hydrogens is 200 g/mol. The van der Waals surface area contributed by atoms with Crippen LogP contribution in [0.1, 0.15) is 0 Å². The maximum atomic E-state index is 5.62. The van der Waals surface area contributed by atoms with E-state index in [0.29, 0.717) is 16.6 Å². The van der Waals surface area contributed by atoms with Crippen LogP contribution in [0.3, 0.4) is 0 Å². The fourth-order valence-electron chi connectivity index (χ4n) is 1.33. The van der Waals surface area contributed by atoms with Gasteiger partial charge in [0.1, 0.15) is 5.52 Å². The lowest BCUT2D eigenvalue weighted by molar-refractivity contribution is 0.358. The van der Waals surface area contributed by atoms with Gasteiger partial charge in [0.05, 0.1) is 18.9 Å². The topological polar surface area (TPSA) is 57.4 Å². The lowest BCUT2D eigenvalue weighted by atomic mass is 10.3. The number of nitrogens with zero attached hydrogens (tertiary/aromatic N) is 1. The number of anilines is 1. The van der Waals surface area contributed by atoms with Gasteiger partial charge < -0.3 is 15.2 Å². The summed E-state index contributed by atoms with van der Waals surface area (Å²) in [5.74, 6) is 1.31. The number of nitrogen functional groups attached to an aromatic ring is 1. The Morgan fingerprint density at radius 1 is 1.29 bits per heavy atom. The highest BCUT2D eigenvalue weighted by Gasteiger charge is 2.12. The van der Waals surface area contributed by atoms with Crippen molar-refractivity contribution < 1.29 is 9.47 Å². The van der Waals surface area contributed by atoms with Crippen LogP contribution in [0.15, 0.2) is 12.1 Å². The van der Waals surface area contributed by atoms with Gasteiger partial charge in [0, 0.05) is 0 Å². The minimum Gasteiger partial charge on any atom is -0.493 e. The molecule has 2 N–H and O–H groups in total. The number of benzene rings is 1. The van der Waals surface area contributed by atoms with E-state index in [-0.39, 0.29) is 0 Å². The summed E-state index contributed by atoms with van der Waals surface area (Å²) < 4.78 is 11.4. The maximum absolute atomic E-state index is 5.62. The Morgan fingerprint density at radius 2 is 2.07 bits per heavy atom. The van der Waals surface area contributed by atoms with Gasteiger partial charge >= 0.3 is 0 Å². The van der Waals surface area contributed by atoms with E-state index in [0.717, 1.165) is 10.2 Å². The molecule has 2 rings (SSSR count). The second-order valence-electron chi connectivity index (χ2n) is 2.70. The van der Waals surface area contributed by atoms with E-state index in [1.807, 2.05) is 12.1 Å². The molecule has 0 aliphatic heterocycles. The highest BCUT2D eigenvalue weighted by atomic mass is 32.1. The van der Waals surface area contributed by atoms with Crippen LogP contribution in [0, 0.1) is 0 Å². The van der Waals surface area contributed by atoms with E-state index in [9.17, 15) is 0 Å². The minimum absolute atomic E-state index is 0.534. The van der Waals surface area contributed by atoms with E-state index in [4.69, 9.17) is 15.2 Å². The molecule has 0 radical (unpaired) electrons. The van der Waals surface area contributed by atoms with E-state index in [2.05, 4.69) is 4.98 Å². The summed E-state index contributed by atoms with van der Waals surface area (Å²) in [7, 11) is 3.19. The van der Waals surface area contributed by atoms with Crippen LogP contribution in [0.25, 0.3) is 10.2 Å². The molecule has 0 saturated heterocycles. The monoisotopic (exact) mass is 210 g/mol. The van der Waals surface area contributed by atoms with Crippen LogP contribution in [0.4, 0.5) is 5.13 Å². The minimum atomic E-state index is 0.534.